The third-order valence-electron chi connectivity index (χ3n) is 6.06. The maximum atomic E-state index is 13.3. The van der Waals surface area contributed by atoms with Crippen LogP contribution in [0.2, 0.25) is 0 Å². The van der Waals surface area contributed by atoms with Crippen molar-refractivity contribution < 1.29 is 21.6 Å². The highest BCUT2D eigenvalue weighted by molar-refractivity contribution is 7.92. The van der Waals surface area contributed by atoms with Crippen LogP contribution in [0.1, 0.15) is 50.2 Å². The Kier molecular flexibility index (Phi) is 6.78. The van der Waals surface area contributed by atoms with Crippen molar-refractivity contribution >= 4 is 25.7 Å². The average molecular weight is 479 g/mol. The van der Waals surface area contributed by atoms with Crippen molar-refractivity contribution in [1.29, 1.82) is 0 Å². The Balaban J connectivity index is 1.66. The molecule has 2 aliphatic rings. The van der Waals surface area contributed by atoms with Crippen molar-refractivity contribution in [2.45, 2.75) is 61.7 Å². The average Bonchev–Trinajstić information content (AvgIpc) is 2.80. The molecule has 0 atom stereocenters. The van der Waals surface area contributed by atoms with E-state index in [0.717, 1.165) is 50.5 Å². The Labute approximate surface area is 190 Å². The molecule has 0 amide bonds. The molecule has 7 nitrogen and oxygen atoms in total. The molecule has 1 saturated heterocycles. The summed E-state index contributed by atoms with van der Waals surface area (Å²) in [6, 6.07) is 9.66. The van der Waals surface area contributed by atoms with Crippen LogP contribution in [0, 0.1) is 0 Å². The summed E-state index contributed by atoms with van der Waals surface area (Å²) in [7, 11) is -7.65. The van der Waals surface area contributed by atoms with E-state index in [4.69, 9.17) is 4.74 Å². The van der Waals surface area contributed by atoms with E-state index in [2.05, 4.69) is 4.72 Å². The maximum Gasteiger partial charge on any atom is 0.261 e. The molecule has 0 aromatic heterocycles. The molecule has 32 heavy (non-hydrogen) atoms. The van der Waals surface area contributed by atoms with Crippen LogP contribution >= 0.6 is 0 Å². The maximum absolute atomic E-state index is 13.3. The Morgan fingerprint density at radius 2 is 1.59 bits per heavy atom. The molecular formula is C23H30N2O5S2. The summed E-state index contributed by atoms with van der Waals surface area (Å²) in [6.07, 6.45) is 6.66. The molecule has 1 aliphatic heterocycles. The van der Waals surface area contributed by atoms with E-state index in [1.165, 1.54) is 28.1 Å². The zero-order valence-corrected chi connectivity index (χ0v) is 20.0. The third kappa shape index (κ3) is 4.79. The van der Waals surface area contributed by atoms with Crippen LogP contribution in [0.5, 0.6) is 5.75 Å². The Morgan fingerprint density at radius 1 is 0.875 bits per heavy atom. The van der Waals surface area contributed by atoms with Crippen LogP contribution in [-0.4, -0.2) is 40.8 Å². The summed E-state index contributed by atoms with van der Waals surface area (Å²) in [4.78, 5) is 0.180. The smallest absolute Gasteiger partial charge is 0.261 e. The summed E-state index contributed by atoms with van der Waals surface area (Å²) >= 11 is 0. The number of benzene rings is 2. The molecule has 0 saturated carbocycles. The van der Waals surface area contributed by atoms with E-state index < -0.39 is 20.0 Å². The number of anilines is 1. The Bertz CT molecular complexity index is 1190. The van der Waals surface area contributed by atoms with Gasteiger partial charge in [-0.2, -0.15) is 4.31 Å². The van der Waals surface area contributed by atoms with E-state index in [1.807, 2.05) is 6.07 Å². The lowest BCUT2D eigenvalue weighted by atomic mass is 9.92. The van der Waals surface area contributed by atoms with Crippen LogP contribution in [0.25, 0.3) is 0 Å². The number of nitrogens with zero attached hydrogens (tertiary/aromatic N) is 1. The first kappa shape index (κ1) is 23.1. The van der Waals surface area contributed by atoms with Gasteiger partial charge in [-0.25, -0.2) is 16.8 Å². The fraction of sp³-hybridized carbons (Fsp3) is 0.478. The van der Waals surface area contributed by atoms with Gasteiger partial charge in [0.1, 0.15) is 10.6 Å². The van der Waals surface area contributed by atoms with E-state index in [9.17, 15) is 16.8 Å². The largest absolute Gasteiger partial charge is 0.492 e. The Morgan fingerprint density at radius 3 is 2.31 bits per heavy atom. The van der Waals surface area contributed by atoms with Crippen molar-refractivity contribution in [3.8, 4) is 5.75 Å². The molecule has 1 N–H and O–H groups in total. The fourth-order valence-corrected chi connectivity index (χ4v) is 7.16. The van der Waals surface area contributed by atoms with E-state index >= 15 is 0 Å². The van der Waals surface area contributed by atoms with Crippen LogP contribution in [0.4, 0.5) is 5.69 Å². The van der Waals surface area contributed by atoms with Gasteiger partial charge in [0.25, 0.3) is 10.0 Å². The lowest BCUT2D eigenvalue weighted by Crippen LogP contribution is -2.35. The molecule has 4 rings (SSSR count). The summed E-state index contributed by atoms with van der Waals surface area (Å²) in [5.74, 6) is 0.231. The van der Waals surface area contributed by atoms with Gasteiger partial charge in [-0.15, -0.1) is 0 Å². The molecule has 2 aromatic carbocycles. The Hall–Kier alpha value is -2.10. The van der Waals surface area contributed by atoms with Gasteiger partial charge in [-0.05, 0) is 86.9 Å². The lowest BCUT2D eigenvalue weighted by Gasteiger charge is -2.27. The molecule has 1 aliphatic carbocycles. The summed E-state index contributed by atoms with van der Waals surface area (Å²) in [5.41, 5.74) is 2.46. The standard InChI is InChI=1S/C23H30N2O5S2/c1-2-30-22-13-11-20(17-23(22)32(28,29)25-14-6-3-7-15-25)24-31(26,27)21-12-10-18-8-4-5-9-19(18)16-21/h10-13,16-17,24H,2-9,14-15H2,1H3. The van der Waals surface area contributed by atoms with E-state index in [1.54, 1.807) is 19.1 Å². The number of nitrogens with one attached hydrogen (secondary N) is 1. The minimum absolute atomic E-state index is 0.00751. The second-order valence-electron chi connectivity index (χ2n) is 8.30. The normalized spacial score (nSPS) is 17.5. The van der Waals surface area contributed by atoms with Crippen molar-refractivity contribution in [3.05, 3.63) is 47.5 Å². The van der Waals surface area contributed by atoms with Gasteiger partial charge in [0.2, 0.25) is 10.0 Å². The van der Waals surface area contributed by atoms with Crippen molar-refractivity contribution in [3.63, 3.8) is 0 Å². The molecule has 0 bridgehead atoms. The van der Waals surface area contributed by atoms with Crippen LogP contribution in [-0.2, 0) is 32.9 Å². The summed E-state index contributed by atoms with van der Waals surface area (Å²) in [6.45, 7) is 3.00. The van der Waals surface area contributed by atoms with E-state index in [-0.39, 0.29) is 21.2 Å². The summed E-state index contributed by atoms with van der Waals surface area (Å²) in [5, 5.41) is 0. The highest BCUT2D eigenvalue weighted by Crippen LogP contribution is 2.32. The molecule has 174 valence electrons. The number of piperidine rings is 1. The minimum Gasteiger partial charge on any atom is -0.492 e. The SMILES string of the molecule is CCOc1ccc(NS(=O)(=O)c2ccc3c(c2)CCCC3)cc1S(=O)(=O)N1CCCCC1. The number of fused-ring (bicyclic) bond motifs is 1. The zero-order valence-electron chi connectivity index (χ0n) is 18.3. The highest BCUT2D eigenvalue weighted by Gasteiger charge is 2.30. The first-order chi connectivity index (χ1) is 15.3. The van der Waals surface area contributed by atoms with Gasteiger partial charge in [-0.3, -0.25) is 4.72 Å². The second kappa shape index (κ2) is 9.41. The number of sulfonamides is 2. The van der Waals surface area contributed by atoms with Crippen LogP contribution < -0.4 is 9.46 Å². The van der Waals surface area contributed by atoms with E-state index in [0.29, 0.717) is 19.7 Å². The van der Waals surface area contributed by atoms with Crippen molar-refractivity contribution in [1.82, 2.24) is 4.31 Å². The van der Waals surface area contributed by atoms with Gasteiger partial charge in [0.05, 0.1) is 17.2 Å². The van der Waals surface area contributed by atoms with Crippen molar-refractivity contribution in [2.75, 3.05) is 24.4 Å². The first-order valence-electron chi connectivity index (χ1n) is 11.2. The quantitative estimate of drug-likeness (QED) is 0.651. The molecule has 0 radical (unpaired) electrons. The van der Waals surface area contributed by atoms with Gasteiger partial charge in [-0.1, -0.05) is 12.5 Å². The number of rotatable bonds is 7. The fourth-order valence-electron chi connectivity index (χ4n) is 4.38. The van der Waals surface area contributed by atoms with Gasteiger partial charge in [0.15, 0.2) is 0 Å². The topological polar surface area (TPSA) is 92.8 Å². The number of aryl methyl sites for hydroxylation is 2. The van der Waals surface area contributed by atoms with Crippen LogP contribution in [0.15, 0.2) is 46.2 Å². The monoisotopic (exact) mass is 478 g/mol. The predicted molar refractivity (Wildman–Crippen MR) is 124 cm³/mol. The first-order valence-corrected chi connectivity index (χ1v) is 14.2. The van der Waals surface area contributed by atoms with Crippen molar-refractivity contribution in [2.24, 2.45) is 0 Å². The number of ether oxygens (including phenoxy) is 1. The third-order valence-corrected chi connectivity index (χ3v) is 9.36. The van der Waals surface area contributed by atoms with Crippen LogP contribution in [0.3, 0.4) is 0 Å². The summed E-state index contributed by atoms with van der Waals surface area (Å²) < 4.78 is 62.3. The molecule has 1 fully saturated rings. The number of hydrogen-bond donors (Lipinski definition) is 1. The van der Waals surface area contributed by atoms with Gasteiger partial charge in [0, 0.05) is 13.1 Å². The molecular weight excluding hydrogens is 448 g/mol. The molecule has 9 heteroatoms. The second-order valence-corrected chi connectivity index (χ2v) is 11.9. The van der Waals surface area contributed by atoms with Gasteiger partial charge >= 0.3 is 0 Å². The lowest BCUT2D eigenvalue weighted by molar-refractivity contribution is 0.323. The molecule has 0 unspecified atom stereocenters. The van der Waals surface area contributed by atoms with Gasteiger partial charge < -0.3 is 4.74 Å². The molecule has 1 heterocycles. The highest BCUT2D eigenvalue weighted by atomic mass is 32.2. The number of hydrogen-bond acceptors (Lipinski definition) is 5. The predicted octanol–water partition coefficient (Wildman–Crippen LogP) is 3.94. The molecule has 2 aromatic rings. The molecule has 0 spiro atoms. The minimum atomic E-state index is -3.86. The zero-order chi connectivity index (χ0) is 22.8.